The van der Waals surface area contributed by atoms with E-state index >= 15 is 0 Å². The number of hydrogen-bond donors (Lipinski definition) is 1. The van der Waals surface area contributed by atoms with Gasteiger partial charge in [0, 0.05) is 37.8 Å². The summed E-state index contributed by atoms with van der Waals surface area (Å²) >= 11 is 0. The van der Waals surface area contributed by atoms with Crippen molar-refractivity contribution in [2.45, 2.75) is 13.0 Å². The van der Waals surface area contributed by atoms with Crippen molar-refractivity contribution in [1.29, 1.82) is 0 Å². The second kappa shape index (κ2) is 8.52. The second-order valence-electron chi connectivity index (χ2n) is 5.41. The summed E-state index contributed by atoms with van der Waals surface area (Å²) in [6, 6.07) is 2.32. The van der Waals surface area contributed by atoms with Gasteiger partial charge in [0.05, 0.1) is 20.8 Å². The fourth-order valence-corrected chi connectivity index (χ4v) is 2.78. The van der Waals surface area contributed by atoms with Crippen molar-refractivity contribution < 1.29 is 28.9 Å². The lowest BCUT2D eigenvalue weighted by atomic mass is 10.1. The molecular weight excluding hydrogens is 330 g/mol. The van der Waals surface area contributed by atoms with Crippen molar-refractivity contribution in [2.75, 3.05) is 47.0 Å². The SMILES string of the molecule is CCOC(=O)N1CCN(C(C(=O)O)c2ccc(OC)nc2OC)CC1. The lowest BCUT2D eigenvalue weighted by molar-refractivity contribution is -0.144. The molecular formula is C16H23N3O6. The Kier molecular flexibility index (Phi) is 6.40. The van der Waals surface area contributed by atoms with Gasteiger partial charge >= 0.3 is 12.1 Å². The molecule has 0 radical (unpaired) electrons. The smallest absolute Gasteiger partial charge is 0.409 e. The number of methoxy groups -OCH3 is 2. The number of carbonyl (C=O) groups excluding carboxylic acids is 1. The quantitative estimate of drug-likeness (QED) is 0.808. The first-order valence-electron chi connectivity index (χ1n) is 7.99. The summed E-state index contributed by atoms with van der Waals surface area (Å²) in [6.45, 7) is 3.67. The van der Waals surface area contributed by atoms with E-state index in [0.29, 0.717) is 44.2 Å². The zero-order chi connectivity index (χ0) is 18.4. The number of rotatable bonds is 6. The molecule has 0 aromatic carbocycles. The van der Waals surface area contributed by atoms with Gasteiger partial charge in [0.2, 0.25) is 11.8 Å². The number of pyridine rings is 1. The predicted molar refractivity (Wildman–Crippen MR) is 87.9 cm³/mol. The van der Waals surface area contributed by atoms with Crippen LogP contribution in [0.25, 0.3) is 0 Å². The van der Waals surface area contributed by atoms with Crippen LogP contribution in [0.4, 0.5) is 4.79 Å². The van der Waals surface area contributed by atoms with Crippen molar-refractivity contribution in [3.8, 4) is 11.8 Å². The Balaban J connectivity index is 2.18. The molecule has 1 amide bonds. The number of hydrogen-bond acceptors (Lipinski definition) is 7. The number of aromatic nitrogens is 1. The Labute approximate surface area is 146 Å². The van der Waals surface area contributed by atoms with Gasteiger partial charge in [-0.2, -0.15) is 4.98 Å². The van der Waals surface area contributed by atoms with Crippen LogP contribution in [0.2, 0.25) is 0 Å². The van der Waals surface area contributed by atoms with E-state index in [2.05, 4.69) is 4.98 Å². The minimum atomic E-state index is -1.00. The molecule has 2 rings (SSSR count). The highest BCUT2D eigenvalue weighted by Crippen LogP contribution is 2.31. The number of carboxylic acids is 1. The molecule has 0 bridgehead atoms. The van der Waals surface area contributed by atoms with Gasteiger partial charge in [0.1, 0.15) is 6.04 Å². The Morgan fingerprint density at radius 2 is 1.88 bits per heavy atom. The van der Waals surface area contributed by atoms with Crippen molar-refractivity contribution in [1.82, 2.24) is 14.8 Å². The van der Waals surface area contributed by atoms with E-state index in [9.17, 15) is 14.7 Å². The Hall–Kier alpha value is -2.55. The second-order valence-corrected chi connectivity index (χ2v) is 5.41. The normalized spacial score (nSPS) is 16.2. The zero-order valence-electron chi connectivity index (χ0n) is 14.6. The number of piperazine rings is 1. The topological polar surface area (TPSA) is 101 Å². The first kappa shape index (κ1) is 18.8. The summed E-state index contributed by atoms with van der Waals surface area (Å²) in [4.78, 5) is 31.2. The molecule has 138 valence electrons. The number of aliphatic carboxylic acids is 1. The van der Waals surface area contributed by atoms with Crippen LogP contribution in [0.1, 0.15) is 18.5 Å². The molecule has 0 aliphatic carbocycles. The van der Waals surface area contributed by atoms with Crippen LogP contribution in [-0.2, 0) is 9.53 Å². The maximum Gasteiger partial charge on any atom is 0.409 e. The minimum Gasteiger partial charge on any atom is -0.481 e. The standard InChI is InChI=1S/C16H23N3O6/c1-4-25-16(22)19-9-7-18(8-10-19)13(15(20)21)11-5-6-12(23-2)17-14(11)24-3/h5-6,13H,4,7-10H2,1-3H3,(H,20,21). The summed E-state index contributed by atoms with van der Waals surface area (Å²) in [5.41, 5.74) is 0.445. The van der Waals surface area contributed by atoms with Gasteiger partial charge in [0.25, 0.3) is 0 Å². The predicted octanol–water partition coefficient (Wildman–Crippen LogP) is 0.999. The highest BCUT2D eigenvalue weighted by atomic mass is 16.6. The van der Waals surface area contributed by atoms with Crippen LogP contribution in [-0.4, -0.2) is 79.0 Å². The molecule has 9 nitrogen and oxygen atoms in total. The Morgan fingerprint density at radius 1 is 1.20 bits per heavy atom. The number of carboxylic acid groups (broad SMARTS) is 1. The third-order valence-electron chi connectivity index (χ3n) is 4.00. The van der Waals surface area contributed by atoms with Crippen LogP contribution < -0.4 is 9.47 Å². The average molecular weight is 353 g/mol. The Morgan fingerprint density at radius 3 is 2.40 bits per heavy atom. The number of ether oxygens (including phenoxy) is 3. The van der Waals surface area contributed by atoms with Crippen molar-refractivity contribution >= 4 is 12.1 Å². The molecule has 1 aromatic rings. The molecule has 1 aliphatic heterocycles. The van der Waals surface area contributed by atoms with Gasteiger partial charge < -0.3 is 24.2 Å². The molecule has 1 unspecified atom stereocenters. The van der Waals surface area contributed by atoms with E-state index in [1.165, 1.54) is 14.2 Å². The molecule has 25 heavy (non-hydrogen) atoms. The molecule has 1 fully saturated rings. The fourth-order valence-electron chi connectivity index (χ4n) is 2.78. The van der Waals surface area contributed by atoms with E-state index in [1.807, 2.05) is 0 Å². The third kappa shape index (κ3) is 4.30. The van der Waals surface area contributed by atoms with E-state index in [-0.39, 0.29) is 12.0 Å². The van der Waals surface area contributed by atoms with Crippen LogP contribution in [0, 0.1) is 0 Å². The molecule has 1 aromatic heterocycles. The molecule has 1 N–H and O–H groups in total. The molecule has 1 atom stereocenters. The van der Waals surface area contributed by atoms with Gasteiger partial charge in [-0.1, -0.05) is 0 Å². The van der Waals surface area contributed by atoms with Gasteiger partial charge in [-0.3, -0.25) is 9.69 Å². The third-order valence-corrected chi connectivity index (χ3v) is 4.00. The highest BCUT2D eigenvalue weighted by molar-refractivity contribution is 5.76. The summed E-state index contributed by atoms with van der Waals surface area (Å²) in [5.74, 6) is -0.453. The van der Waals surface area contributed by atoms with Crippen LogP contribution in [0.5, 0.6) is 11.8 Å². The van der Waals surface area contributed by atoms with Crippen molar-refractivity contribution in [2.24, 2.45) is 0 Å². The van der Waals surface area contributed by atoms with Crippen molar-refractivity contribution in [3.05, 3.63) is 17.7 Å². The largest absolute Gasteiger partial charge is 0.481 e. The number of nitrogens with zero attached hydrogens (tertiary/aromatic N) is 3. The number of carbonyl (C=O) groups is 2. The lowest BCUT2D eigenvalue weighted by Gasteiger charge is -2.37. The molecule has 1 aliphatic rings. The van der Waals surface area contributed by atoms with Crippen molar-refractivity contribution in [3.63, 3.8) is 0 Å². The first-order valence-corrected chi connectivity index (χ1v) is 7.99. The van der Waals surface area contributed by atoms with E-state index < -0.39 is 12.0 Å². The van der Waals surface area contributed by atoms with Gasteiger partial charge in [-0.25, -0.2) is 4.79 Å². The maximum absolute atomic E-state index is 11.9. The monoisotopic (exact) mass is 353 g/mol. The molecule has 2 heterocycles. The van der Waals surface area contributed by atoms with Gasteiger partial charge in [-0.15, -0.1) is 0 Å². The molecule has 9 heteroatoms. The minimum absolute atomic E-state index is 0.208. The maximum atomic E-state index is 11.9. The Bertz CT molecular complexity index is 616. The highest BCUT2D eigenvalue weighted by Gasteiger charge is 2.34. The fraction of sp³-hybridized carbons (Fsp3) is 0.562. The van der Waals surface area contributed by atoms with Crippen LogP contribution in [0.15, 0.2) is 12.1 Å². The van der Waals surface area contributed by atoms with E-state index in [1.54, 1.807) is 28.9 Å². The summed E-state index contributed by atoms with van der Waals surface area (Å²) in [7, 11) is 2.91. The summed E-state index contributed by atoms with van der Waals surface area (Å²) in [6.07, 6.45) is -0.377. The van der Waals surface area contributed by atoms with E-state index in [0.717, 1.165) is 0 Å². The van der Waals surface area contributed by atoms with E-state index in [4.69, 9.17) is 14.2 Å². The molecule has 0 spiro atoms. The van der Waals surface area contributed by atoms with Gasteiger partial charge in [-0.05, 0) is 13.0 Å². The number of amides is 1. The lowest BCUT2D eigenvalue weighted by Crippen LogP contribution is -2.51. The summed E-state index contributed by atoms with van der Waals surface area (Å²) in [5, 5.41) is 9.72. The zero-order valence-corrected chi connectivity index (χ0v) is 14.6. The average Bonchev–Trinajstić information content (AvgIpc) is 2.62. The molecule has 1 saturated heterocycles. The summed E-state index contributed by atoms with van der Waals surface area (Å²) < 4.78 is 15.3. The van der Waals surface area contributed by atoms with Crippen LogP contribution >= 0.6 is 0 Å². The molecule has 0 saturated carbocycles. The first-order chi connectivity index (χ1) is 12.0. The van der Waals surface area contributed by atoms with Gasteiger partial charge in [0.15, 0.2) is 0 Å². The van der Waals surface area contributed by atoms with Crippen LogP contribution in [0.3, 0.4) is 0 Å².